The molecule has 1 unspecified atom stereocenters. The van der Waals surface area contributed by atoms with Crippen molar-refractivity contribution in [3.05, 3.63) is 0 Å². The van der Waals surface area contributed by atoms with Crippen LogP contribution in [-0.2, 0) is 14.3 Å². The molecule has 0 saturated heterocycles. The van der Waals surface area contributed by atoms with Gasteiger partial charge in [0.2, 0.25) is 0 Å². The molecule has 0 saturated carbocycles. The molecule has 0 aliphatic rings. The lowest BCUT2D eigenvalue weighted by molar-refractivity contribution is -0.144. The van der Waals surface area contributed by atoms with Gasteiger partial charge in [0.1, 0.15) is 0 Å². The molecule has 6 heteroatoms. The van der Waals surface area contributed by atoms with Crippen molar-refractivity contribution < 1.29 is 24.5 Å². The lowest BCUT2D eigenvalue weighted by Crippen LogP contribution is -2.29. The van der Waals surface area contributed by atoms with E-state index in [4.69, 9.17) is 9.47 Å². The van der Waals surface area contributed by atoms with E-state index in [2.05, 4.69) is 25.7 Å². The molecule has 0 aromatic rings. The first-order valence-corrected chi connectivity index (χ1v) is 16.4. The summed E-state index contributed by atoms with van der Waals surface area (Å²) >= 11 is 0. The highest BCUT2D eigenvalue weighted by Gasteiger charge is 2.11. The molecule has 0 spiro atoms. The monoisotopic (exact) mass is 543 g/mol. The molecule has 0 aromatic heterocycles. The van der Waals surface area contributed by atoms with Crippen molar-refractivity contribution in [2.75, 3.05) is 32.8 Å². The Morgan fingerprint density at radius 1 is 0.684 bits per heavy atom. The van der Waals surface area contributed by atoms with E-state index in [1.165, 1.54) is 57.8 Å². The smallest absolute Gasteiger partial charge is 0.305 e. The van der Waals surface area contributed by atoms with Crippen LogP contribution in [0.25, 0.3) is 0 Å². The molecule has 38 heavy (non-hydrogen) atoms. The molecule has 0 aromatic carbocycles. The van der Waals surface area contributed by atoms with Gasteiger partial charge in [0.05, 0.1) is 19.3 Å². The summed E-state index contributed by atoms with van der Waals surface area (Å²) in [5.74, 6) is -0.0313. The number of hydrogen-bond donors (Lipinski definition) is 2. The van der Waals surface area contributed by atoms with Gasteiger partial charge in [0.25, 0.3) is 0 Å². The minimum atomic E-state index is -0.617. The predicted octanol–water partition coefficient (Wildman–Crippen LogP) is 7.78. The van der Waals surface area contributed by atoms with Crippen LogP contribution in [0.15, 0.2) is 0 Å². The Balaban J connectivity index is 3.60. The van der Waals surface area contributed by atoms with Crippen LogP contribution in [-0.4, -0.2) is 66.3 Å². The zero-order valence-electron chi connectivity index (χ0n) is 25.6. The number of unbranched alkanes of at least 4 members (excludes halogenated alkanes) is 14. The molecule has 0 aliphatic heterocycles. The SMILES string of the molecule is CCCCCCCCCOC(=O)CCCCCCCN(CCO)CCCCCCCC(O)OC(CC)CC. The standard InChI is InChI=1S/C32H65NO5/c1-4-7-8-9-10-17-22-29-37-31(35)23-18-13-11-15-20-25-33(27-28-34)26-21-16-12-14-19-24-32(36)38-30(5-2)6-3/h30,32,34,36H,4-29H2,1-3H3. The van der Waals surface area contributed by atoms with Crippen LogP contribution in [0.4, 0.5) is 0 Å². The molecule has 2 N–H and O–H groups in total. The van der Waals surface area contributed by atoms with E-state index in [-0.39, 0.29) is 18.7 Å². The van der Waals surface area contributed by atoms with Gasteiger partial charge in [0.15, 0.2) is 6.29 Å². The fourth-order valence-electron chi connectivity index (χ4n) is 4.89. The third-order valence-electron chi connectivity index (χ3n) is 7.47. The van der Waals surface area contributed by atoms with Crippen LogP contribution < -0.4 is 0 Å². The van der Waals surface area contributed by atoms with Gasteiger partial charge in [-0.3, -0.25) is 4.79 Å². The molecule has 1 atom stereocenters. The van der Waals surface area contributed by atoms with E-state index in [0.29, 0.717) is 13.0 Å². The molecule has 0 amide bonds. The zero-order chi connectivity index (χ0) is 28.1. The topological polar surface area (TPSA) is 79.2 Å². The number of carbonyl (C=O) groups is 1. The van der Waals surface area contributed by atoms with Crippen molar-refractivity contribution >= 4 is 5.97 Å². The zero-order valence-corrected chi connectivity index (χ0v) is 25.6. The average Bonchev–Trinajstić information content (AvgIpc) is 2.91. The molecular formula is C32H65NO5. The molecule has 0 radical (unpaired) electrons. The number of aliphatic hydroxyl groups excluding tert-OH is 2. The van der Waals surface area contributed by atoms with E-state index in [0.717, 1.165) is 90.3 Å². The molecule has 0 bridgehead atoms. The molecule has 0 aliphatic carbocycles. The maximum absolute atomic E-state index is 11.9. The fourth-order valence-corrected chi connectivity index (χ4v) is 4.89. The highest BCUT2D eigenvalue weighted by Crippen LogP contribution is 2.13. The van der Waals surface area contributed by atoms with Crippen molar-refractivity contribution in [2.45, 2.75) is 168 Å². The summed E-state index contributed by atoms with van der Waals surface area (Å²) in [4.78, 5) is 14.3. The van der Waals surface area contributed by atoms with Crippen LogP contribution in [0, 0.1) is 0 Å². The summed E-state index contributed by atoms with van der Waals surface area (Å²) in [6.07, 6.45) is 22.6. The van der Waals surface area contributed by atoms with Gasteiger partial charge < -0.3 is 24.6 Å². The third kappa shape index (κ3) is 25.6. The van der Waals surface area contributed by atoms with E-state index < -0.39 is 6.29 Å². The summed E-state index contributed by atoms with van der Waals surface area (Å²) in [5, 5.41) is 19.4. The van der Waals surface area contributed by atoms with Gasteiger partial charge in [-0.15, -0.1) is 0 Å². The Morgan fingerprint density at radius 2 is 1.21 bits per heavy atom. The highest BCUT2D eigenvalue weighted by molar-refractivity contribution is 5.69. The lowest BCUT2D eigenvalue weighted by Gasteiger charge is -2.21. The summed E-state index contributed by atoms with van der Waals surface area (Å²) in [5.41, 5.74) is 0. The third-order valence-corrected chi connectivity index (χ3v) is 7.47. The van der Waals surface area contributed by atoms with Crippen molar-refractivity contribution in [1.82, 2.24) is 4.90 Å². The second kappa shape index (κ2) is 29.3. The molecule has 0 rings (SSSR count). The molecular weight excluding hydrogens is 478 g/mol. The second-order valence-electron chi connectivity index (χ2n) is 11.0. The van der Waals surface area contributed by atoms with Crippen molar-refractivity contribution in [3.8, 4) is 0 Å². The Labute approximate surface area is 236 Å². The number of carbonyl (C=O) groups excluding carboxylic acids is 1. The molecule has 0 heterocycles. The Bertz CT molecular complexity index is 486. The normalized spacial score (nSPS) is 12.5. The van der Waals surface area contributed by atoms with Gasteiger partial charge >= 0.3 is 5.97 Å². The summed E-state index contributed by atoms with van der Waals surface area (Å²) in [7, 11) is 0. The quantitative estimate of drug-likeness (QED) is 0.0547. The van der Waals surface area contributed by atoms with Crippen molar-refractivity contribution in [2.24, 2.45) is 0 Å². The van der Waals surface area contributed by atoms with Gasteiger partial charge in [-0.2, -0.15) is 0 Å². The Kier molecular flexibility index (Phi) is 28.8. The number of rotatable bonds is 30. The Hall–Kier alpha value is -0.690. The van der Waals surface area contributed by atoms with E-state index in [1.807, 2.05) is 0 Å². The Morgan fingerprint density at radius 3 is 1.79 bits per heavy atom. The number of aliphatic hydroxyl groups is 2. The van der Waals surface area contributed by atoms with Crippen LogP contribution in [0.3, 0.4) is 0 Å². The minimum Gasteiger partial charge on any atom is -0.466 e. The van der Waals surface area contributed by atoms with Crippen LogP contribution in [0.2, 0.25) is 0 Å². The van der Waals surface area contributed by atoms with Crippen LogP contribution in [0.5, 0.6) is 0 Å². The summed E-state index contributed by atoms with van der Waals surface area (Å²) < 4.78 is 11.0. The largest absolute Gasteiger partial charge is 0.466 e. The molecule has 6 nitrogen and oxygen atoms in total. The number of esters is 1. The fraction of sp³-hybridized carbons (Fsp3) is 0.969. The first-order chi connectivity index (χ1) is 18.6. The summed E-state index contributed by atoms with van der Waals surface area (Å²) in [6.45, 7) is 10.1. The number of hydrogen-bond acceptors (Lipinski definition) is 6. The van der Waals surface area contributed by atoms with Gasteiger partial charge in [-0.05, 0) is 64.5 Å². The second-order valence-corrected chi connectivity index (χ2v) is 11.0. The predicted molar refractivity (Wildman–Crippen MR) is 159 cm³/mol. The lowest BCUT2D eigenvalue weighted by atomic mass is 10.1. The maximum atomic E-state index is 11.9. The van der Waals surface area contributed by atoms with Crippen LogP contribution in [0.1, 0.15) is 156 Å². The van der Waals surface area contributed by atoms with E-state index in [9.17, 15) is 15.0 Å². The van der Waals surface area contributed by atoms with Crippen molar-refractivity contribution in [1.29, 1.82) is 0 Å². The highest BCUT2D eigenvalue weighted by atomic mass is 16.6. The van der Waals surface area contributed by atoms with Gasteiger partial charge in [0, 0.05) is 13.0 Å². The van der Waals surface area contributed by atoms with Gasteiger partial charge in [-0.1, -0.05) is 97.8 Å². The van der Waals surface area contributed by atoms with E-state index in [1.54, 1.807) is 0 Å². The van der Waals surface area contributed by atoms with Gasteiger partial charge in [-0.25, -0.2) is 0 Å². The average molecular weight is 544 g/mol. The first kappa shape index (κ1) is 37.3. The van der Waals surface area contributed by atoms with Crippen molar-refractivity contribution in [3.63, 3.8) is 0 Å². The molecule has 0 fully saturated rings. The number of nitrogens with zero attached hydrogens (tertiary/aromatic N) is 1. The maximum Gasteiger partial charge on any atom is 0.305 e. The first-order valence-electron chi connectivity index (χ1n) is 16.4. The molecule has 228 valence electrons. The number of ether oxygens (including phenoxy) is 2. The summed E-state index contributed by atoms with van der Waals surface area (Å²) in [6, 6.07) is 0. The van der Waals surface area contributed by atoms with E-state index >= 15 is 0 Å². The minimum absolute atomic E-state index is 0.0313. The van der Waals surface area contributed by atoms with Crippen LogP contribution >= 0.6 is 0 Å².